The van der Waals surface area contributed by atoms with Crippen molar-refractivity contribution < 1.29 is 4.79 Å². The van der Waals surface area contributed by atoms with E-state index in [2.05, 4.69) is 25.2 Å². The van der Waals surface area contributed by atoms with Crippen LogP contribution in [0.4, 0.5) is 11.4 Å². The van der Waals surface area contributed by atoms with Crippen LogP contribution in [0.25, 0.3) is 0 Å². The molecule has 0 aromatic heterocycles. The minimum Gasteiger partial charge on any atom is -0.398 e. The summed E-state index contributed by atoms with van der Waals surface area (Å²) in [5, 5.41) is 3.43. The summed E-state index contributed by atoms with van der Waals surface area (Å²) in [5.41, 5.74) is 8.86. The molecule has 3 nitrogen and oxygen atoms in total. The maximum absolute atomic E-state index is 11.3. The lowest BCUT2D eigenvalue weighted by atomic mass is 10.0. The number of fused-ring (bicyclic) bond motifs is 1. The zero-order valence-electron chi connectivity index (χ0n) is 10.2. The van der Waals surface area contributed by atoms with Crippen LogP contribution in [0.15, 0.2) is 17.0 Å². The molecule has 4 heteroatoms. The summed E-state index contributed by atoms with van der Waals surface area (Å²) in [7, 11) is 0. The summed E-state index contributed by atoms with van der Waals surface area (Å²) in [6.45, 7) is 4.37. The number of aryl methyl sites for hydroxylation is 1. The van der Waals surface area contributed by atoms with Crippen LogP contribution >= 0.6 is 11.8 Å². The van der Waals surface area contributed by atoms with Gasteiger partial charge in [0.15, 0.2) is 0 Å². The van der Waals surface area contributed by atoms with Gasteiger partial charge in [-0.2, -0.15) is 0 Å². The molecule has 1 aromatic carbocycles. The van der Waals surface area contributed by atoms with Crippen LogP contribution < -0.4 is 11.1 Å². The zero-order chi connectivity index (χ0) is 12.4. The molecule has 3 N–H and O–H groups in total. The predicted octanol–water partition coefficient (Wildman–Crippen LogP) is 3.04. The van der Waals surface area contributed by atoms with Gasteiger partial charge in [-0.25, -0.2) is 0 Å². The van der Waals surface area contributed by atoms with Crippen LogP contribution in [0.1, 0.15) is 32.3 Å². The summed E-state index contributed by atoms with van der Waals surface area (Å²) in [6, 6.07) is 4.01. The Morgan fingerprint density at radius 1 is 1.47 bits per heavy atom. The summed E-state index contributed by atoms with van der Waals surface area (Å²) in [5.74, 6) is 0.0826. The number of hydrogen-bond acceptors (Lipinski definition) is 3. The highest BCUT2D eigenvalue weighted by Crippen LogP contribution is 2.35. The molecule has 0 saturated carbocycles. The summed E-state index contributed by atoms with van der Waals surface area (Å²) in [4.78, 5) is 12.4. The van der Waals surface area contributed by atoms with Crippen molar-refractivity contribution in [1.82, 2.24) is 0 Å². The SMILES string of the molecule is CCC(C)Sc1cc2c(cc1N)NC(=O)CC2. The number of benzene rings is 1. The highest BCUT2D eigenvalue weighted by molar-refractivity contribution is 8.00. The highest BCUT2D eigenvalue weighted by Gasteiger charge is 2.17. The molecule has 1 heterocycles. The zero-order valence-corrected chi connectivity index (χ0v) is 11.1. The van der Waals surface area contributed by atoms with E-state index >= 15 is 0 Å². The van der Waals surface area contributed by atoms with Gasteiger partial charge >= 0.3 is 0 Å². The first-order valence-corrected chi connectivity index (χ1v) is 6.87. The molecule has 2 rings (SSSR count). The third-order valence-corrected chi connectivity index (χ3v) is 4.38. The molecule has 1 aromatic rings. The quantitative estimate of drug-likeness (QED) is 0.640. The molecule has 1 aliphatic rings. The number of nitrogens with two attached hydrogens (primary N) is 1. The smallest absolute Gasteiger partial charge is 0.224 e. The minimum atomic E-state index is 0.0826. The monoisotopic (exact) mass is 250 g/mol. The molecular weight excluding hydrogens is 232 g/mol. The number of anilines is 2. The van der Waals surface area contributed by atoms with E-state index in [0.29, 0.717) is 11.7 Å². The first-order valence-electron chi connectivity index (χ1n) is 5.99. The first kappa shape index (κ1) is 12.3. The Bertz CT molecular complexity index is 445. The van der Waals surface area contributed by atoms with Gasteiger partial charge in [-0.3, -0.25) is 4.79 Å². The standard InChI is InChI=1S/C13H18N2OS/c1-3-8(2)17-12-6-9-4-5-13(16)15-11(9)7-10(12)14/h6-8H,3-5,14H2,1-2H3,(H,15,16). The van der Waals surface area contributed by atoms with E-state index in [0.717, 1.165) is 29.1 Å². The first-order chi connectivity index (χ1) is 8.10. The summed E-state index contributed by atoms with van der Waals surface area (Å²) < 4.78 is 0. The fourth-order valence-corrected chi connectivity index (χ4v) is 2.83. The molecule has 0 aliphatic carbocycles. The van der Waals surface area contributed by atoms with E-state index in [9.17, 15) is 4.79 Å². The Hall–Kier alpha value is -1.16. The van der Waals surface area contributed by atoms with Crippen LogP contribution in [0, 0.1) is 0 Å². The molecule has 0 spiro atoms. The van der Waals surface area contributed by atoms with E-state index in [4.69, 9.17) is 5.73 Å². The topological polar surface area (TPSA) is 55.1 Å². The fourth-order valence-electron chi connectivity index (χ4n) is 1.82. The van der Waals surface area contributed by atoms with Crippen LogP contribution in [0.2, 0.25) is 0 Å². The van der Waals surface area contributed by atoms with Gasteiger partial charge in [-0.05, 0) is 30.5 Å². The molecule has 1 unspecified atom stereocenters. The van der Waals surface area contributed by atoms with Crippen molar-refractivity contribution in [3.05, 3.63) is 17.7 Å². The number of thioether (sulfide) groups is 1. The molecule has 0 fully saturated rings. The van der Waals surface area contributed by atoms with E-state index in [1.165, 1.54) is 5.56 Å². The van der Waals surface area contributed by atoms with Crippen molar-refractivity contribution in [2.45, 2.75) is 43.3 Å². The number of nitrogens with one attached hydrogen (secondary N) is 1. The van der Waals surface area contributed by atoms with Gasteiger partial charge in [0.25, 0.3) is 0 Å². The molecule has 1 amide bonds. The minimum absolute atomic E-state index is 0.0826. The summed E-state index contributed by atoms with van der Waals surface area (Å²) >= 11 is 1.81. The predicted molar refractivity (Wildman–Crippen MR) is 73.4 cm³/mol. The van der Waals surface area contributed by atoms with Crippen LogP contribution in [0.3, 0.4) is 0 Å². The van der Waals surface area contributed by atoms with Crippen molar-refractivity contribution in [3.8, 4) is 0 Å². The van der Waals surface area contributed by atoms with Crippen LogP contribution in [-0.4, -0.2) is 11.2 Å². The Balaban J connectivity index is 2.27. The maximum Gasteiger partial charge on any atom is 0.224 e. The lowest BCUT2D eigenvalue weighted by Gasteiger charge is -2.20. The molecule has 1 atom stereocenters. The van der Waals surface area contributed by atoms with Crippen molar-refractivity contribution in [3.63, 3.8) is 0 Å². The van der Waals surface area contributed by atoms with Gasteiger partial charge in [0.2, 0.25) is 5.91 Å². The van der Waals surface area contributed by atoms with Gasteiger partial charge in [0.05, 0.1) is 0 Å². The number of amides is 1. The maximum atomic E-state index is 11.3. The van der Waals surface area contributed by atoms with Crippen molar-refractivity contribution in [2.75, 3.05) is 11.1 Å². The van der Waals surface area contributed by atoms with E-state index in [-0.39, 0.29) is 5.91 Å². The van der Waals surface area contributed by atoms with Crippen LogP contribution in [-0.2, 0) is 11.2 Å². The number of carbonyl (C=O) groups excluding carboxylic acids is 1. The van der Waals surface area contributed by atoms with Gasteiger partial charge < -0.3 is 11.1 Å². The molecule has 0 saturated heterocycles. The van der Waals surface area contributed by atoms with Crippen molar-refractivity contribution >= 4 is 29.0 Å². The fraction of sp³-hybridized carbons (Fsp3) is 0.462. The Kier molecular flexibility index (Phi) is 3.62. The average molecular weight is 250 g/mol. The second-order valence-electron chi connectivity index (χ2n) is 4.43. The van der Waals surface area contributed by atoms with Crippen molar-refractivity contribution in [2.24, 2.45) is 0 Å². The number of carbonyl (C=O) groups is 1. The summed E-state index contributed by atoms with van der Waals surface area (Å²) in [6.07, 6.45) is 2.51. The third kappa shape index (κ3) is 2.75. The van der Waals surface area contributed by atoms with E-state index < -0.39 is 0 Å². The number of hydrogen-bond donors (Lipinski definition) is 2. The lowest BCUT2D eigenvalue weighted by Crippen LogP contribution is -2.19. The molecule has 0 radical (unpaired) electrons. The normalized spacial score (nSPS) is 16.2. The molecule has 92 valence electrons. The lowest BCUT2D eigenvalue weighted by molar-refractivity contribution is -0.116. The molecule has 0 bridgehead atoms. The second kappa shape index (κ2) is 5.00. The van der Waals surface area contributed by atoms with Crippen molar-refractivity contribution in [1.29, 1.82) is 0 Å². The third-order valence-electron chi connectivity index (χ3n) is 3.03. The van der Waals surface area contributed by atoms with Gasteiger partial charge in [0, 0.05) is 27.9 Å². The second-order valence-corrected chi connectivity index (χ2v) is 5.91. The molecular formula is C13H18N2OS. The van der Waals surface area contributed by atoms with E-state index in [1.54, 1.807) is 11.8 Å². The molecule has 17 heavy (non-hydrogen) atoms. The molecule has 1 aliphatic heterocycles. The van der Waals surface area contributed by atoms with Gasteiger partial charge in [-0.1, -0.05) is 13.8 Å². The highest BCUT2D eigenvalue weighted by atomic mass is 32.2. The van der Waals surface area contributed by atoms with Crippen LogP contribution in [0.5, 0.6) is 0 Å². The van der Waals surface area contributed by atoms with E-state index in [1.807, 2.05) is 6.07 Å². The Labute approximate surface area is 106 Å². The van der Waals surface area contributed by atoms with Gasteiger partial charge in [0.1, 0.15) is 0 Å². The Morgan fingerprint density at radius 2 is 2.24 bits per heavy atom. The Morgan fingerprint density at radius 3 is 2.94 bits per heavy atom. The largest absolute Gasteiger partial charge is 0.398 e. The average Bonchev–Trinajstić information content (AvgIpc) is 2.30. The number of nitrogen functional groups attached to an aromatic ring is 1. The number of rotatable bonds is 3. The van der Waals surface area contributed by atoms with Gasteiger partial charge in [-0.15, -0.1) is 11.8 Å².